The van der Waals surface area contributed by atoms with E-state index in [0.29, 0.717) is 11.4 Å². The minimum Gasteiger partial charge on any atom is -0.497 e. The molecule has 0 unspecified atom stereocenters. The van der Waals surface area contributed by atoms with Crippen molar-refractivity contribution in [2.75, 3.05) is 19.0 Å². The summed E-state index contributed by atoms with van der Waals surface area (Å²) in [5.74, 6) is 0.160. The van der Waals surface area contributed by atoms with E-state index in [1.54, 1.807) is 26.2 Å². The van der Waals surface area contributed by atoms with Crippen LogP contribution < -0.4 is 10.1 Å². The third-order valence-electron chi connectivity index (χ3n) is 3.68. The zero-order valence-electron chi connectivity index (χ0n) is 12.6. The zero-order chi connectivity index (χ0) is 15.7. The summed E-state index contributed by atoms with van der Waals surface area (Å²) in [5.41, 5.74) is 1.47. The van der Waals surface area contributed by atoms with E-state index >= 15 is 0 Å². The Labute approximate surface area is 127 Å². The number of esters is 1. The van der Waals surface area contributed by atoms with Crippen molar-refractivity contribution in [2.24, 2.45) is 5.92 Å². The molecule has 0 bridgehead atoms. The second-order valence-electron chi connectivity index (χ2n) is 5.27. The van der Waals surface area contributed by atoms with Gasteiger partial charge < -0.3 is 19.8 Å². The minimum absolute atomic E-state index is 0.0469. The fourth-order valence-electron chi connectivity index (χ4n) is 2.35. The van der Waals surface area contributed by atoms with Crippen molar-refractivity contribution in [1.29, 1.82) is 0 Å². The lowest BCUT2D eigenvalue weighted by molar-refractivity contribution is -0.117. The number of hydrogen-bond acceptors (Lipinski definition) is 4. The molecule has 0 atom stereocenters. The summed E-state index contributed by atoms with van der Waals surface area (Å²) in [5, 5.41) is 3.59. The summed E-state index contributed by atoms with van der Waals surface area (Å²) >= 11 is 0. The number of benzene rings is 1. The Hall–Kier alpha value is -2.50. The number of H-pyrrole nitrogens is 1. The van der Waals surface area contributed by atoms with Crippen LogP contribution in [0.1, 0.15) is 30.3 Å². The number of hydrogen-bond donors (Lipinski definition) is 2. The monoisotopic (exact) mass is 302 g/mol. The molecule has 116 valence electrons. The summed E-state index contributed by atoms with van der Waals surface area (Å²) in [7, 11) is 1.57. The number of amides is 1. The van der Waals surface area contributed by atoms with E-state index in [0.717, 1.165) is 23.7 Å². The van der Waals surface area contributed by atoms with Gasteiger partial charge in [0.25, 0.3) is 0 Å². The highest BCUT2D eigenvalue weighted by atomic mass is 16.5. The van der Waals surface area contributed by atoms with Crippen LogP contribution in [-0.2, 0) is 9.53 Å². The van der Waals surface area contributed by atoms with Crippen LogP contribution in [0.15, 0.2) is 18.2 Å². The number of aromatic amines is 1. The molecule has 1 aromatic carbocycles. The van der Waals surface area contributed by atoms with Crippen LogP contribution in [-0.4, -0.2) is 30.6 Å². The molecule has 0 aliphatic heterocycles. The molecule has 1 saturated carbocycles. The number of aromatic nitrogens is 1. The van der Waals surface area contributed by atoms with Gasteiger partial charge in [0.05, 0.1) is 19.4 Å². The molecule has 22 heavy (non-hydrogen) atoms. The maximum Gasteiger partial charge on any atom is 0.356 e. The molecule has 1 heterocycles. The minimum atomic E-state index is -0.483. The lowest BCUT2D eigenvalue weighted by Gasteiger charge is -2.07. The molecule has 2 N–H and O–H groups in total. The molecule has 1 aliphatic rings. The van der Waals surface area contributed by atoms with Gasteiger partial charge >= 0.3 is 5.97 Å². The lowest BCUT2D eigenvalue weighted by atomic mass is 10.2. The Bertz CT molecular complexity index is 731. The standard InChI is InChI=1S/C16H18N2O4/c1-3-22-16(20)14-13(18-15(19)9-4-5-9)11-8-10(21-2)6-7-12(11)17-14/h6-9,17H,3-5H2,1-2H3,(H,18,19). The summed E-state index contributed by atoms with van der Waals surface area (Å²) in [6, 6.07) is 5.39. The maximum atomic E-state index is 12.1. The van der Waals surface area contributed by atoms with Crippen molar-refractivity contribution in [1.82, 2.24) is 4.98 Å². The van der Waals surface area contributed by atoms with Gasteiger partial charge in [-0.25, -0.2) is 4.79 Å². The molecule has 0 radical (unpaired) electrons. The second-order valence-corrected chi connectivity index (χ2v) is 5.27. The van der Waals surface area contributed by atoms with E-state index in [2.05, 4.69) is 10.3 Å². The smallest absolute Gasteiger partial charge is 0.356 e. The molecule has 6 heteroatoms. The third-order valence-corrected chi connectivity index (χ3v) is 3.68. The van der Waals surface area contributed by atoms with Gasteiger partial charge in [0.15, 0.2) is 0 Å². The van der Waals surface area contributed by atoms with Crippen LogP contribution in [0.3, 0.4) is 0 Å². The van der Waals surface area contributed by atoms with Gasteiger partial charge in [0, 0.05) is 16.8 Å². The Morgan fingerprint density at radius 2 is 2.14 bits per heavy atom. The highest BCUT2D eigenvalue weighted by Gasteiger charge is 2.31. The van der Waals surface area contributed by atoms with Crippen LogP contribution in [0.4, 0.5) is 5.69 Å². The average Bonchev–Trinajstić information content (AvgIpc) is 3.31. The van der Waals surface area contributed by atoms with Gasteiger partial charge in [-0.15, -0.1) is 0 Å². The Balaban J connectivity index is 2.06. The topological polar surface area (TPSA) is 80.4 Å². The van der Waals surface area contributed by atoms with E-state index in [1.165, 1.54) is 0 Å². The number of anilines is 1. The summed E-state index contributed by atoms with van der Waals surface area (Å²) in [6.07, 6.45) is 1.79. The highest BCUT2D eigenvalue weighted by Crippen LogP contribution is 2.35. The van der Waals surface area contributed by atoms with Gasteiger partial charge in [-0.3, -0.25) is 4.79 Å². The van der Waals surface area contributed by atoms with Crippen LogP contribution in [0.2, 0.25) is 0 Å². The normalized spacial score (nSPS) is 13.9. The third kappa shape index (κ3) is 2.64. The predicted octanol–water partition coefficient (Wildman–Crippen LogP) is 2.70. The molecular weight excluding hydrogens is 284 g/mol. The maximum absolute atomic E-state index is 12.1. The SMILES string of the molecule is CCOC(=O)c1[nH]c2ccc(OC)cc2c1NC(=O)C1CC1. The molecule has 6 nitrogen and oxygen atoms in total. The largest absolute Gasteiger partial charge is 0.497 e. The molecule has 1 amide bonds. The number of fused-ring (bicyclic) bond motifs is 1. The molecule has 3 rings (SSSR count). The first-order valence-electron chi connectivity index (χ1n) is 7.31. The van der Waals surface area contributed by atoms with Crippen molar-refractivity contribution < 1.29 is 19.1 Å². The number of methoxy groups -OCH3 is 1. The van der Waals surface area contributed by atoms with E-state index in [9.17, 15) is 9.59 Å². The van der Waals surface area contributed by atoms with Crippen molar-refractivity contribution in [3.05, 3.63) is 23.9 Å². The van der Waals surface area contributed by atoms with E-state index in [1.807, 2.05) is 6.07 Å². The Kier molecular flexibility index (Phi) is 3.75. The van der Waals surface area contributed by atoms with Crippen LogP contribution in [0.5, 0.6) is 5.75 Å². The quantitative estimate of drug-likeness (QED) is 0.832. The Morgan fingerprint density at radius 1 is 1.36 bits per heavy atom. The molecule has 1 aliphatic carbocycles. The van der Waals surface area contributed by atoms with Crippen molar-refractivity contribution in [2.45, 2.75) is 19.8 Å². The fraction of sp³-hybridized carbons (Fsp3) is 0.375. The van der Waals surface area contributed by atoms with Gasteiger partial charge in [0.1, 0.15) is 11.4 Å². The predicted molar refractivity (Wildman–Crippen MR) is 82.2 cm³/mol. The lowest BCUT2D eigenvalue weighted by Crippen LogP contribution is -2.16. The van der Waals surface area contributed by atoms with Gasteiger partial charge in [0.2, 0.25) is 5.91 Å². The molecular formula is C16H18N2O4. The van der Waals surface area contributed by atoms with Crippen LogP contribution in [0, 0.1) is 5.92 Å². The molecule has 1 fully saturated rings. The first kappa shape index (κ1) is 14.4. The number of carbonyl (C=O) groups excluding carboxylic acids is 2. The molecule has 2 aromatic rings. The zero-order valence-corrected chi connectivity index (χ0v) is 12.6. The molecule has 0 spiro atoms. The summed E-state index contributed by atoms with van der Waals surface area (Å²) < 4.78 is 10.3. The first-order valence-corrected chi connectivity index (χ1v) is 7.31. The van der Waals surface area contributed by atoms with Crippen molar-refractivity contribution >= 4 is 28.5 Å². The van der Waals surface area contributed by atoms with E-state index < -0.39 is 5.97 Å². The number of nitrogens with one attached hydrogen (secondary N) is 2. The average molecular weight is 302 g/mol. The van der Waals surface area contributed by atoms with Gasteiger partial charge in [-0.2, -0.15) is 0 Å². The van der Waals surface area contributed by atoms with Crippen molar-refractivity contribution in [3.8, 4) is 5.75 Å². The van der Waals surface area contributed by atoms with E-state index in [-0.39, 0.29) is 24.1 Å². The Morgan fingerprint density at radius 3 is 2.77 bits per heavy atom. The van der Waals surface area contributed by atoms with Gasteiger partial charge in [-0.1, -0.05) is 0 Å². The fourth-order valence-corrected chi connectivity index (χ4v) is 2.35. The molecule has 1 aromatic heterocycles. The number of ether oxygens (including phenoxy) is 2. The highest BCUT2D eigenvalue weighted by molar-refractivity contribution is 6.11. The van der Waals surface area contributed by atoms with Crippen LogP contribution >= 0.6 is 0 Å². The van der Waals surface area contributed by atoms with Crippen LogP contribution in [0.25, 0.3) is 10.9 Å². The second kappa shape index (κ2) is 5.71. The van der Waals surface area contributed by atoms with Crippen molar-refractivity contribution in [3.63, 3.8) is 0 Å². The van der Waals surface area contributed by atoms with Gasteiger partial charge in [-0.05, 0) is 38.0 Å². The summed E-state index contributed by atoms with van der Waals surface area (Å²) in [6.45, 7) is 2.01. The first-order chi connectivity index (χ1) is 10.6. The summed E-state index contributed by atoms with van der Waals surface area (Å²) in [4.78, 5) is 27.2. The number of rotatable bonds is 5. The van der Waals surface area contributed by atoms with E-state index in [4.69, 9.17) is 9.47 Å². The molecule has 0 saturated heterocycles. The number of carbonyl (C=O) groups is 2.